The molecule has 0 bridgehead atoms. The molecule has 2 amide bonds. The van der Waals surface area contributed by atoms with Gasteiger partial charge in [-0.3, -0.25) is 9.59 Å². The first-order valence-corrected chi connectivity index (χ1v) is 9.70. The molecule has 0 aliphatic carbocycles. The fourth-order valence-corrected chi connectivity index (χ4v) is 3.09. The van der Waals surface area contributed by atoms with Crippen molar-refractivity contribution in [2.24, 2.45) is 0 Å². The van der Waals surface area contributed by atoms with E-state index in [1.807, 2.05) is 19.1 Å². The van der Waals surface area contributed by atoms with Crippen LogP contribution in [0.5, 0.6) is 11.5 Å². The molecule has 1 fully saturated rings. The van der Waals surface area contributed by atoms with Gasteiger partial charge in [0.2, 0.25) is 5.91 Å². The molecule has 0 unspecified atom stereocenters. The summed E-state index contributed by atoms with van der Waals surface area (Å²) in [7, 11) is 0. The Morgan fingerprint density at radius 3 is 2.64 bits per heavy atom. The van der Waals surface area contributed by atoms with E-state index >= 15 is 0 Å². The van der Waals surface area contributed by atoms with E-state index in [0.29, 0.717) is 35.2 Å². The van der Waals surface area contributed by atoms with Gasteiger partial charge in [0.05, 0.1) is 12.3 Å². The van der Waals surface area contributed by atoms with E-state index in [0.717, 1.165) is 25.1 Å². The number of carbonyl (C=O) groups is 2. The highest BCUT2D eigenvalue weighted by atomic mass is 35.5. The highest BCUT2D eigenvalue weighted by Gasteiger charge is 2.21. The molecular weight excluding hydrogens is 380 g/mol. The van der Waals surface area contributed by atoms with Gasteiger partial charge in [0.1, 0.15) is 11.5 Å². The molecule has 6 nitrogen and oxygen atoms in total. The molecule has 0 aromatic heterocycles. The van der Waals surface area contributed by atoms with E-state index in [4.69, 9.17) is 21.1 Å². The monoisotopic (exact) mass is 402 g/mol. The molecule has 1 saturated heterocycles. The maximum atomic E-state index is 12.3. The molecule has 2 aromatic carbocycles. The summed E-state index contributed by atoms with van der Waals surface area (Å²) in [5.41, 5.74) is 1.35. The van der Waals surface area contributed by atoms with Gasteiger partial charge in [-0.1, -0.05) is 18.5 Å². The van der Waals surface area contributed by atoms with Gasteiger partial charge in [-0.05, 0) is 55.3 Å². The number of ether oxygens (including phenoxy) is 2. The predicted molar refractivity (Wildman–Crippen MR) is 109 cm³/mol. The van der Waals surface area contributed by atoms with Crippen molar-refractivity contribution in [2.75, 3.05) is 30.0 Å². The van der Waals surface area contributed by atoms with Crippen molar-refractivity contribution in [2.45, 2.75) is 26.2 Å². The summed E-state index contributed by atoms with van der Waals surface area (Å²) in [6.45, 7) is 3.14. The van der Waals surface area contributed by atoms with Crippen molar-refractivity contribution in [3.63, 3.8) is 0 Å². The molecule has 28 heavy (non-hydrogen) atoms. The summed E-state index contributed by atoms with van der Waals surface area (Å²) in [6, 6.07) is 12.2. The summed E-state index contributed by atoms with van der Waals surface area (Å²) in [4.78, 5) is 25.8. The van der Waals surface area contributed by atoms with Crippen LogP contribution in [0.3, 0.4) is 0 Å². The van der Waals surface area contributed by atoms with Crippen LogP contribution in [0.1, 0.15) is 26.2 Å². The lowest BCUT2D eigenvalue weighted by Gasteiger charge is -2.16. The topological polar surface area (TPSA) is 67.9 Å². The van der Waals surface area contributed by atoms with Crippen LogP contribution >= 0.6 is 11.6 Å². The summed E-state index contributed by atoms with van der Waals surface area (Å²) >= 11 is 6.02. The fraction of sp³-hybridized carbons (Fsp3) is 0.333. The SMILES string of the molecule is CCCOc1ccc(Cl)cc1NC(=O)COc1ccc(N2CCCC2=O)cc1. The Bertz CT molecular complexity index is 839. The van der Waals surface area contributed by atoms with Crippen LogP contribution in [0.2, 0.25) is 5.02 Å². The number of nitrogens with one attached hydrogen (secondary N) is 1. The Morgan fingerprint density at radius 1 is 1.18 bits per heavy atom. The first-order valence-electron chi connectivity index (χ1n) is 9.32. The van der Waals surface area contributed by atoms with Crippen molar-refractivity contribution < 1.29 is 19.1 Å². The van der Waals surface area contributed by atoms with Crippen molar-refractivity contribution in [1.82, 2.24) is 0 Å². The second-order valence-electron chi connectivity index (χ2n) is 6.47. The molecule has 0 saturated carbocycles. The van der Waals surface area contributed by atoms with E-state index in [1.165, 1.54) is 0 Å². The van der Waals surface area contributed by atoms with Gasteiger partial charge in [0.25, 0.3) is 5.91 Å². The van der Waals surface area contributed by atoms with E-state index in [2.05, 4.69) is 5.32 Å². The van der Waals surface area contributed by atoms with Crippen LogP contribution in [-0.4, -0.2) is 31.6 Å². The van der Waals surface area contributed by atoms with Crippen molar-refractivity contribution in [1.29, 1.82) is 0 Å². The Hall–Kier alpha value is -2.73. The van der Waals surface area contributed by atoms with Crippen LogP contribution < -0.4 is 19.7 Å². The van der Waals surface area contributed by atoms with Crippen molar-refractivity contribution >= 4 is 34.8 Å². The minimum absolute atomic E-state index is 0.135. The summed E-state index contributed by atoms with van der Waals surface area (Å²) in [5, 5.41) is 3.27. The lowest BCUT2D eigenvalue weighted by Crippen LogP contribution is -2.23. The van der Waals surface area contributed by atoms with Crippen molar-refractivity contribution in [3.8, 4) is 11.5 Å². The molecule has 0 spiro atoms. The molecule has 1 aliphatic heterocycles. The molecule has 1 N–H and O–H groups in total. The second-order valence-corrected chi connectivity index (χ2v) is 6.91. The zero-order valence-corrected chi connectivity index (χ0v) is 16.5. The summed E-state index contributed by atoms with van der Waals surface area (Å²) < 4.78 is 11.2. The molecule has 3 rings (SSSR count). The van der Waals surface area contributed by atoms with Crippen LogP contribution in [0, 0.1) is 0 Å². The van der Waals surface area contributed by atoms with Crippen LogP contribution in [0.15, 0.2) is 42.5 Å². The quantitative estimate of drug-likeness (QED) is 0.715. The highest BCUT2D eigenvalue weighted by Crippen LogP contribution is 2.28. The average molecular weight is 403 g/mol. The van der Waals surface area contributed by atoms with Crippen LogP contribution in [0.25, 0.3) is 0 Å². The van der Waals surface area contributed by atoms with E-state index in [1.54, 1.807) is 35.2 Å². The first-order chi connectivity index (χ1) is 13.6. The first kappa shape index (κ1) is 20.0. The predicted octanol–water partition coefficient (Wildman–Crippen LogP) is 4.27. The lowest BCUT2D eigenvalue weighted by molar-refractivity contribution is -0.118. The summed E-state index contributed by atoms with van der Waals surface area (Å²) in [5.74, 6) is 0.941. The van der Waals surface area contributed by atoms with Gasteiger partial charge in [-0.25, -0.2) is 0 Å². The van der Waals surface area contributed by atoms with Gasteiger partial charge in [0, 0.05) is 23.7 Å². The molecule has 148 valence electrons. The van der Waals surface area contributed by atoms with Gasteiger partial charge < -0.3 is 19.7 Å². The molecule has 7 heteroatoms. The number of amides is 2. The smallest absolute Gasteiger partial charge is 0.262 e. The second kappa shape index (κ2) is 9.46. The Kier molecular flexibility index (Phi) is 6.76. The molecule has 1 aliphatic rings. The van der Waals surface area contributed by atoms with Gasteiger partial charge in [-0.2, -0.15) is 0 Å². The molecule has 0 radical (unpaired) electrons. The standard InChI is InChI=1S/C21H23ClN2O4/c1-2-12-27-19-10-5-15(22)13-18(19)23-20(25)14-28-17-8-6-16(7-9-17)24-11-3-4-21(24)26/h5-10,13H,2-4,11-12,14H2,1H3,(H,23,25). The number of halogens is 1. The zero-order chi connectivity index (χ0) is 19.9. The maximum absolute atomic E-state index is 12.3. The number of hydrogen-bond acceptors (Lipinski definition) is 4. The number of carbonyl (C=O) groups excluding carboxylic acids is 2. The average Bonchev–Trinajstić information content (AvgIpc) is 3.12. The number of anilines is 2. The largest absolute Gasteiger partial charge is 0.491 e. The Labute approximate surface area is 169 Å². The van der Waals surface area contributed by atoms with Crippen LogP contribution in [-0.2, 0) is 9.59 Å². The Balaban J connectivity index is 1.56. The Morgan fingerprint density at radius 2 is 1.96 bits per heavy atom. The maximum Gasteiger partial charge on any atom is 0.262 e. The highest BCUT2D eigenvalue weighted by molar-refractivity contribution is 6.31. The number of nitrogens with zero attached hydrogens (tertiary/aromatic N) is 1. The van der Waals surface area contributed by atoms with Crippen LogP contribution in [0.4, 0.5) is 11.4 Å². The summed E-state index contributed by atoms with van der Waals surface area (Å²) in [6.07, 6.45) is 2.33. The fourth-order valence-electron chi connectivity index (χ4n) is 2.92. The van der Waals surface area contributed by atoms with E-state index in [9.17, 15) is 9.59 Å². The van der Waals surface area contributed by atoms with E-state index < -0.39 is 0 Å². The molecule has 1 heterocycles. The van der Waals surface area contributed by atoms with Gasteiger partial charge >= 0.3 is 0 Å². The van der Waals surface area contributed by atoms with E-state index in [-0.39, 0.29) is 18.4 Å². The minimum Gasteiger partial charge on any atom is -0.491 e. The van der Waals surface area contributed by atoms with Crippen molar-refractivity contribution in [3.05, 3.63) is 47.5 Å². The van der Waals surface area contributed by atoms with Gasteiger partial charge in [0.15, 0.2) is 6.61 Å². The molecule has 0 atom stereocenters. The third-order valence-corrected chi connectivity index (χ3v) is 4.50. The normalized spacial score (nSPS) is 13.5. The number of rotatable bonds is 8. The molecule has 2 aromatic rings. The van der Waals surface area contributed by atoms with Gasteiger partial charge in [-0.15, -0.1) is 0 Å². The lowest BCUT2D eigenvalue weighted by atomic mass is 10.2. The third kappa shape index (κ3) is 5.16. The number of hydrogen-bond donors (Lipinski definition) is 1. The third-order valence-electron chi connectivity index (χ3n) is 4.27. The number of benzene rings is 2. The zero-order valence-electron chi connectivity index (χ0n) is 15.7. The molecular formula is C21H23ClN2O4. The minimum atomic E-state index is -0.317.